The SMILES string of the molecule is Cc1ccc(C(=O)Cc2cccc(F)c2)cn1. The second-order valence-electron chi connectivity index (χ2n) is 3.92. The summed E-state index contributed by atoms with van der Waals surface area (Å²) in [6.07, 6.45) is 1.75. The number of rotatable bonds is 3. The van der Waals surface area contributed by atoms with Gasteiger partial charge in [-0.15, -0.1) is 0 Å². The number of aromatic nitrogens is 1. The molecule has 0 aliphatic heterocycles. The first-order chi connectivity index (χ1) is 8.15. The van der Waals surface area contributed by atoms with Gasteiger partial charge in [0.25, 0.3) is 0 Å². The highest BCUT2D eigenvalue weighted by Crippen LogP contribution is 2.09. The Morgan fingerprint density at radius 1 is 1.29 bits per heavy atom. The topological polar surface area (TPSA) is 30.0 Å². The molecule has 2 rings (SSSR count). The molecule has 0 bridgehead atoms. The van der Waals surface area contributed by atoms with E-state index in [1.165, 1.54) is 12.1 Å². The lowest BCUT2D eigenvalue weighted by molar-refractivity contribution is 0.0992. The maximum atomic E-state index is 12.9. The fourth-order valence-corrected chi connectivity index (χ4v) is 1.57. The van der Waals surface area contributed by atoms with Crippen molar-refractivity contribution < 1.29 is 9.18 Å². The van der Waals surface area contributed by atoms with Crippen molar-refractivity contribution in [3.05, 3.63) is 65.2 Å². The minimum atomic E-state index is -0.322. The van der Waals surface area contributed by atoms with E-state index in [1.807, 2.05) is 6.92 Å². The molecule has 0 amide bonds. The standard InChI is InChI=1S/C14H12FNO/c1-10-5-6-12(9-16-10)14(17)8-11-3-2-4-13(15)7-11/h2-7,9H,8H2,1H3. The quantitative estimate of drug-likeness (QED) is 0.757. The first-order valence-corrected chi connectivity index (χ1v) is 5.35. The van der Waals surface area contributed by atoms with Crippen LogP contribution in [0, 0.1) is 12.7 Å². The molecule has 0 aliphatic rings. The lowest BCUT2D eigenvalue weighted by Crippen LogP contribution is -2.04. The average Bonchev–Trinajstić information content (AvgIpc) is 2.29. The van der Waals surface area contributed by atoms with Crippen LogP contribution in [-0.2, 0) is 6.42 Å². The van der Waals surface area contributed by atoms with Gasteiger partial charge in [-0.05, 0) is 36.8 Å². The lowest BCUT2D eigenvalue weighted by atomic mass is 10.0. The molecule has 17 heavy (non-hydrogen) atoms. The third-order valence-electron chi connectivity index (χ3n) is 2.49. The summed E-state index contributed by atoms with van der Waals surface area (Å²) in [5.41, 5.74) is 2.10. The van der Waals surface area contributed by atoms with Gasteiger partial charge in [-0.2, -0.15) is 0 Å². The van der Waals surface area contributed by atoms with Crippen molar-refractivity contribution in [1.82, 2.24) is 4.98 Å². The van der Waals surface area contributed by atoms with E-state index in [0.29, 0.717) is 11.1 Å². The average molecular weight is 229 g/mol. The zero-order valence-electron chi connectivity index (χ0n) is 9.48. The van der Waals surface area contributed by atoms with Gasteiger partial charge in [0.2, 0.25) is 0 Å². The van der Waals surface area contributed by atoms with Crippen molar-refractivity contribution in [3.8, 4) is 0 Å². The van der Waals surface area contributed by atoms with Gasteiger partial charge >= 0.3 is 0 Å². The van der Waals surface area contributed by atoms with E-state index in [4.69, 9.17) is 0 Å². The highest BCUT2D eigenvalue weighted by molar-refractivity contribution is 5.97. The van der Waals surface area contributed by atoms with Gasteiger partial charge in [0.1, 0.15) is 5.82 Å². The molecule has 2 aromatic rings. The summed E-state index contributed by atoms with van der Waals surface area (Å²) in [6.45, 7) is 1.86. The highest BCUT2D eigenvalue weighted by atomic mass is 19.1. The number of carbonyl (C=O) groups excluding carboxylic acids is 1. The fourth-order valence-electron chi connectivity index (χ4n) is 1.57. The first-order valence-electron chi connectivity index (χ1n) is 5.35. The molecule has 86 valence electrons. The van der Waals surface area contributed by atoms with Crippen molar-refractivity contribution in [2.45, 2.75) is 13.3 Å². The smallest absolute Gasteiger partial charge is 0.168 e. The van der Waals surface area contributed by atoms with E-state index in [2.05, 4.69) is 4.98 Å². The van der Waals surface area contributed by atoms with Crippen molar-refractivity contribution in [1.29, 1.82) is 0 Å². The van der Waals surface area contributed by atoms with Crippen molar-refractivity contribution >= 4 is 5.78 Å². The third-order valence-corrected chi connectivity index (χ3v) is 2.49. The van der Waals surface area contributed by atoms with Crippen LogP contribution in [0.2, 0.25) is 0 Å². The van der Waals surface area contributed by atoms with E-state index in [1.54, 1.807) is 30.5 Å². The largest absolute Gasteiger partial charge is 0.294 e. The van der Waals surface area contributed by atoms with Crippen molar-refractivity contribution in [2.24, 2.45) is 0 Å². The van der Waals surface area contributed by atoms with Crippen LogP contribution in [0.15, 0.2) is 42.6 Å². The van der Waals surface area contributed by atoms with Crippen LogP contribution in [0.5, 0.6) is 0 Å². The summed E-state index contributed by atoms with van der Waals surface area (Å²) in [7, 11) is 0. The maximum absolute atomic E-state index is 12.9. The molecule has 0 saturated carbocycles. The van der Waals surface area contributed by atoms with Crippen LogP contribution < -0.4 is 0 Å². The number of nitrogens with zero attached hydrogens (tertiary/aromatic N) is 1. The molecular weight excluding hydrogens is 217 g/mol. The minimum Gasteiger partial charge on any atom is -0.294 e. The summed E-state index contributed by atoms with van der Waals surface area (Å²) in [5.74, 6) is -0.375. The summed E-state index contributed by atoms with van der Waals surface area (Å²) in [5, 5.41) is 0. The second-order valence-corrected chi connectivity index (χ2v) is 3.92. The monoisotopic (exact) mass is 229 g/mol. The molecule has 1 aromatic carbocycles. The number of ketones is 1. The van der Waals surface area contributed by atoms with E-state index >= 15 is 0 Å². The predicted molar refractivity (Wildman–Crippen MR) is 63.4 cm³/mol. The number of halogens is 1. The number of aryl methyl sites for hydroxylation is 1. The van der Waals surface area contributed by atoms with Gasteiger partial charge in [0.05, 0.1) is 0 Å². The van der Waals surface area contributed by atoms with E-state index in [0.717, 1.165) is 5.69 Å². The molecule has 0 unspecified atom stereocenters. The van der Waals surface area contributed by atoms with Crippen LogP contribution in [0.3, 0.4) is 0 Å². The molecule has 0 saturated heterocycles. The maximum Gasteiger partial charge on any atom is 0.168 e. The van der Waals surface area contributed by atoms with Gasteiger partial charge in [-0.3, -0.25) is 9.78 Å². The molecule has 0 fully saturated rings. The number of hydrogen-bond acceptors (Lipinski definition) is 2. The van der Waals surface area contributed by atoms with Gasteiger partial charge < -0.3 is 0 Å². The van der Waals surface area contributed by atoms with Gasteiger partial charge in [-0.25, -0.2) is 4.39 Å². The Kier molecular flexibility index (Phi) is 3.28. The Morgan fingerprint density at radius 2 is 2.12 bits per heavy atom. The molecule has 1 aromatic heterocycles. The lowest BCUT2D eigenvalue weighted by Gasteiger charge is -2.02. The number of Topliss-reactive ketones (excluding diaryl/α,β-unsaturated/α-hetero) is 1. The normalized spacial score (nSPS) is 10.2. The van der Waals surface area contributed by atoms with Crippen LogP contribution in [0.4, 0.5) is 4.39 Å². The Bertz CT molecular complexity index is 534. The molecule has 3 heteroatoms. The Hall–Kier alpha value is -2.03. The van der Waals surface area contributed by atoms with Gasteiger partial charge in [0, 0.05) is 23.9 Å². The van der Waals surface area contributed by atoms with Crippen molar-refractivity contribution in [3.63, 3.8) is 0 Å². The summed E-state index contributed by atoms with van der Waals surface area (Å²) in [4.78, 5) is 15.9. The zero-order valence-corrected chi connectivity index (χ0v) is 9.48. The van der Waals surface area contributed by atoms with Crippen LogP contribution in [0.25, 0.3) is 0 Å². The zero-order chi connectivity index (χ0) is 12.3. The molecule has 0 radical (unpaired) electrons. The van der Waals surface area contributed by atoms with Gasteiger partial charge in [-0.1, -0.05) is 12.1 Å². The van der Waals surface area contributed by atoms with E-state index < -0.39 is 0 Å². The number of hydrogen-bond donors (Lipinski definition) is 0. The minimum absolute atomic E-state index is 0.0527. The van der Waals surface area contributed by atoms with Crippen LogP contribution in [-0.4, -0.2) is 10.8 Å². The second kappa shape index (κ2) is 4.87. The Morgan fingerprint density at radius 3 is 2.76 bits per heavy atom. The molecule has 0 N–H and O–H groups in total. The molecule has 0 atom stereocenters. The van der Waals surface area contributed by atoms with E-state index in [9.17, 15) is 9.18 Å². The van der Waals surface area contributed by atoms with Gasteiger partial charge in [0.15, 0.2) is 5.78 Å². The molecule has 1 heterocycles. The molecule has 2 nitrogen and oxygen atoms in total. The number of carbonyl (C=O) groups is 1. The first kappa shape index (κ1) is 11.5. The van der Waals surface area contributed by atoms with Crippen molar-refractivity contribution in [2.75, 3.05) is 0 Å². The molecule has 0 aliphatic carbocycles. The van der Waals surface area contributed by atoms with Crippen LogP contribution >= 0.6 is 0 Å². The fraction of sp³-hybridized carbons (Fsp3) is 0.143. The summed E-state index contributed by atoms with van der Waals surface area (Å²) >= 11 is 0. The summed E-state index contributed by atoms with van der Waals surface area (Å²) < 4.78 is 12.9. The Balaban J connectivity index is 2.14. The Labute approximate surface area is 99.1 Å². The number of benzene rings is 1. The van der Waals surface area contributed by atoms with Crippen LogP contribution in [0.1, 0.15) is 21.6 Å². The summed E-state index contributed by atoms with van der Waals surface area (Å²) in [6, 6.07) is 9.61. The molecule has 0 spiro atoms. The third kappa shape index (κ3) is 2.97. The highest BCUT2D eigenvalue weighted by Gasteiger charge is 2.07. The number of pyridine rings is 1. The predicted octanol–water partition coefficient (Wildman–Crippen LogP) is 2.95. The van der Waals surface area contributed by atoms with E-state index in [-0.39, 0.29) is 18.0 Å². The molecular formula is C14H12FNO.